The maximum absolute atomic E-state index is 14.1. The fourth-order valence-corrected chi connectivity index (χ4v) is 21.2. The van der Waals surface area contributed by atoms with Gasteiger partial charge in [0.1, 0.15) is 0 Å². The van der Waals surface area contributed by atoms with Crippen LogP contribution in [0.25, 0.3) is 0 Å². The molecule has 31 heteroatoms. The smallest absolute Gasteiger partial charge is 0.226 e. The summed E-state index contributed by atoms with van der Waals surface area (Å²) in [6.07, 6.45) is 38.1. The first kappa shape index (κ1) is 121. The van der Waals surface area contributed by atoms with Crippen molar-refractivity contribution in [2.75, 3.05) is 380 Å². The molecule has 4 saturated carbocycles. The average molecular weight is 1840 g/mol. The van der Waals surface area contributed by atoms with Crippen molar-refractivity contribution in [3.63, 3.8) is 0 Å². The second-order valence-electron chi connectivity index (χ2n) is 39.3. The summed E-state index contributed by atoms with van der Waals surface area (Å²) in [4.78, 5) is 52.0. The van der Waals surface area contributed by atoms with Crippen LogP contribution in [0.1, 0.15) is 225 Å². The molecule has 0 aromatic carbocycles. The van der Waals surface area contributed by atoms with E-state index in [1.165, 1.54) is 19.3 Å². The van der Waals surface area contributed by atoms with E-state index >= 15 is 0 Å². The molecule has 129 heavy (non-hydrogen) atoms. The van der Waals surface area contributed by atoms with E-state index < -0.39 is 0 Å². The van der Waals surface area contributed by atoms with Crippen molar-refractivity contribution in [3.8, 4) is 0 Å². The van der Waals surface area contributed by atoms with Crippen LogP contribution in [0.2, 0.25) is 0 Å². The largest absolute Gasteiger partial charge is 0.356 e. The molecule has 0 unspecified atom stereocenters. The van der Waals surface area contributed by atoms with Crippen LogP contribution in [0.4, 0.5) is 0 Å². The molecule has 0 heterocycles. The third-order valence-corrected chi connectivity index (χ3v) is 28.0. The molecule has 0 saturated heterocycles. The highest BCUT2D eigenvalue weighted by molar-refractivity contribution is 5.83. The molecule has 0 radical (unpaired) electrons. The highest BCUT2D eigenvalue weighted by Crippen LogP contribution is 2.60. The molecule has 4 aliphatic carbocycles. The molecule has 4 rings (SSSR count). The Morgan fingerprint density at radius 2 is 0.271 bits per heavy atom. The topological polar surface area (TPSA) is 465 Å². The van der Waals surface area contributed by atoms with Crippen molar-refractivity contribution >= 4 is 5.91 Å². The summed E-state index contributed by atoms with van der Waals surface area (Å²) in [5.41, 5.74) is 91.9. The molecular formula is C98H220N30O. The summed E-state index contributed by atoms with van der Waals surface area (Å²) in [5.74, 6) is 2.64. The van der Waals surface area contributed by atoms with Gasteiger partial charge in [0.15, 0.2) is 0 Å². The van der Waals surface area contributed by atoms with Gasteiger partial charge in [0.2, 0.25) is 5.91 Å². The Kier molecular flexibility index (Phi) is 80.5. The van der Waals surface area contributed by atoms with E-state index in [1.54, 1.807) is 0 Å². The summed E-state index contributed by atoms with van der Waals surface area (Å²) in [7, 11) is 0. The summed E-state index contributed by atoms with van der Waals surface area (Å²) < 4.78 is 0. The number of nitrogens with one attached hydrogen (secondary N) is 1. The Labute approximate surface area is 794 Å². The molecule has 4 fully saturated rings. The quantitative estimate of drug-likeness (QED) is 0.0388. The highest BCUT2D eigenvalue weighted by atomic mass is 16.2. The first-order valence-corrected chi connectivity index (χ1v) is 54.2. The van der Waals surface area contributed by atoms with Gasteiger partial charge >= 0.3 is 0 Å². The van der Waals surface area contributed by atoms with E-state index in [0.29, 0.717) is 104 Å². The van der Waals surface area contributed by atoms with Crippen LogP contribution in [-0.4, -0.2) is 454 Å². The minimum atomic E-state index is -0.107. The second kappa shape index (κ2) is 85.5. The molecule has 31 N–H and O–H groups in total. The first-order valence-electron chi connectivity index (χ1n) is 54.2. The fraction of sp³-hybridized carbons (Fsp3) is 0.990. The Morgan fingerprint density at radius 1 is 0.171 bits per heavy atom. The molecule has 0 aromatic heterocycles. The van der Waals surface area contributed by atoms with E-state index in [4.69, 9.17) is 86.0 Å². The van der Waals surface area contributed by atoms with Crippen molar-refractivity contribution in [3.05, 3.63) is 0 Å². The van der Waals surface area contributed by atoms with Gasteiger partial charge in [0.25, 0.3) is 0 Å². The third-order valence-electron chi connectivity index (χ3n) is 28.0. The van der Waals surface area contributed by atoms with Crippen LogP contribution in [0, 0.1) is 23.2 Å². The van der Waals surface area contributed by atoms with Crippen LogP contribution in [0.15, 0.2) is 0 Å². The first-order chi connectivity index (χ1) is 63.3. The predicted octanol–water partition coefficient (Wildman–Crippen LogP) is 2.24. The van der Waals surface area contributed by atoms with Gasteiger partial charge in [0, 0.05) is 12.0 Å². The lowest BCUT2D eigenvalue weighted by Gasteiger charge is -2.55. The SMILES string of the molecule is NCCCN(CCCN)CCCN(CCCN(CCCN)CCCN)CCCN(CCCN(CCCN(CCCN)CCCN)CCCN(CCCN)CCCN)CCCN(CCCN(CCCN(CCCN)CCCN)CCCN(CCCN)CCCN)CCCN(CCCN(CCCN)CCCN)CCCN(CCCN)CCCNC(=O)C12CC3CC(CC(C3)C1)C2. The van der Waals surface area contributed by atoms with Gasteiger partial charge < -0.3 is 160 Å². The zero-order chi connectivity index (χ0) is 93.4. The van der Waals surface area contributed by atoms with Crippen molar-refractivity contribution in [1.82, 2.24) is 73.9 Å². The zero-order valence-electron chi connectivity index (χ0n) is 84.3. The molecular weight excluding hydrogens is 1610 g/mol. The molecule has 1 amide bonds. The Hall–Kier alpha value is -1.69. The predicted molar refractivity (Wildman–Crippen MR) is 553 cm³/mol. The number of nitrogens with zero attached hydrogens (tertiary/aromatic N) is 14. The van der Waals surface area contributed by atoms with Gasteiger partial charge in [-0.25, -0.2) is 0 Å². The van der Waals surface area contributed by atoms with Crippen LogP contribution >= 0.6 is 0 Å². The lowest BCUT2D eigenvalue weighted by Crippen LogP contribution is -2.53. The van der Waals surface area contributed by atoms with E-state index in [2.05, 4.69) is 73.9 Å². The molecule has 768 valence electrons. The van der Waals surface area contributed by atoms with E-state index in [-0.39, 0.29) is 5.41 Å². The maximum atomic E-state index is 14.1. The number of nitrogens with two attached hydrogens (primary N) is 15. The number of amides is 1. The van der Waals surface area contributed by atoms with Gasteiger partial charge in [-0.3, -0.25) is 4.79 Å². The van der Waals surface area contributed by atoms with Gasteiger partial charge in [0.05, 0.1) is 0 Å². The fourth-order valence-electron chi connectivity index (χ4n) is 21.2. The van der Waals surface area contributed by atoms with Gasteiger partial charge in [-0.1, -0.05) is 0 Å². The normalized spacial score (nSPS) is 16.7. The average Bonchev–Trinajstić information content (AvgIpc) is 0.742. The standard InChI is InChI=1S/C98H220N30O/c99-30-1-46-115(47-2-31-100)62-17-70-123(71-18-63-116(48-3-32-101)49-4-33-102)78-25-82-127(83-26-79-124(72-19-64-117(50-5-34-103)51-6-35-104)73-20-65-118(52-7-36-105)53-8-37-106)86-29-87-128(84-27-80-125(74-21-66-119(54-9-38-107)55-10-39-108)75-22-67-120(56-11-40-109)57-12-41-110)85-28-81-126(76-23-68-121(58-13-42-111)59-14-43-112)77-24-69-122(60-15-44-113)61-16-45-114-97(129)98-91-94-88-95(92-98)90-96(89-94)93-98/h94-96H,1-93,99-113H2,(H,114,129). The van der Waals surface area contributed by atoms with Crippen LogP contribution in [-0.2, 0) is 4.79 Å². The van der Waals surface area contributed by atoms with Crippen molar-refractivity contribution in [2.24, 2.45) is 109 Å². The summed E-state index contributed by atoms with van der Waals surface area (Å²) >= 11 is 0. The van der Waals surface area contributed by atoms with Crippen LogP contribution in [0.3, 0.4) is 0 Å². The van der Waals surface area contributed by atoms with E-state index in [0.717, 1.165) is 505 Å². The van der Waals surface area contributed by atoms with Crippen molar-refractivity contribution in [1.29, 1.82) is 0 Å². The Balaban J connectivity index is 2.12. The summed E-state index contributed by atoms with van der Waals surface area (Å²) in [6.45, 7) is 55.7. The molecule has 0 aromatic rings. The molecule has 4 aliphatic rings. The Morgan fingerprint density at radius 3 is 0.380 bits per heavy atom. The zero-order valence-corrected chi connectivity index (χ0v) is 84.3. The minimum absolute atomic E-state index is 0.107. The molecule has 0 aliphatic heterocycles. The number of hydrogen-bond donors (Lipinski definition) is 16. The van der Waals surface area contributed by atoms with Gasteiger partial charge in [-0.2, -0.15) is 0 Å². The minimum Gasteiger partial charge on any atom is -0.356 e. The Bertz CT molecular complexity index is 2160. The molecule has 0 atom stereocenters. The molecule has 0 spiro atoms. The van der Waals surface area contributed by atoms with Crippen LogP contribution < -0.4 is 91.3 Å². The molecule has 31 nitrogen and oxygen atoms in total. The summed E-state index contributed by atoms with van der Waals surface area (Å²) in [6, 6.07) is 0. The number of carbonyl (C=O) groups is 1. The van der Waals surface area contributed by atoms with Crippen LogP contribution in [0.5, 0.6) is 0 Å². The third kappa shape index (κ3) is 62.8. The summed E-state index contributed by atoms with van der Waals surface area (Å²) in [5, 5.41) is 3.52. The van der Waals surface area contributed by atoms with Gasteiger partial charge in [-0.15, -0.1) is 0 Å². The number of rotatable bonds is 102. The number of hydrogen-bond acceptors (Lipinski definition) is 30. The van der Waals surface area contributed by atoms with Crippen molar-refractivity contribution in [2.45, 2.75) is 225 Å². The maximum Gasteiger partial charge on any atom is 0.226 e. The number of carbonyl (C=O) groups excluding carboxylic acids is 1. The van der Waals surface area contributed by atoms with Crippen molar-refractivity contribution < 1.29 is 4.79 Å². The lowest BCUT2D eigenvalue weighted by molar-refractivity contribution is -0.146. The highest BCUT2D eigenvalue weighted by Gasteiger charge is 2.54. The van der Waals surface area contributed by atoms with E-state index in [1.807, 2.05) is 0 Å². The molecule has 4 bridgehead atoms. The lowest BCUT2D eigenvalue weighted by atomic mass is 9.49. The van der Waals surface area contributed by atoms with Gasteiger partial charge in [-0.05, 0) is 616 Å². The van der Waals surface area contributed by atoms with E-state index in [9.17, 15) is 4.79 Å². The second-order valence-corrected chi connectivity index (χ2v) is 39.3. The monoisotopic (exact) mass is 1830 g/mol.